The molecule has 7 aromatic rings. The summed E-state index contributed by atoms with van der Waals surface area (Å²) in [6.45, 7) is 22.3. The largest absolute Gasteiger partial charge is 0.292 e. The molecular weight excluding hydrogens is 681 g/mol. The number of para-hydroxylation sites is 2. The Morgan fingerprint density at radius 3 is 1.89 bits per heavy atom. The molecule has 56 heavy (non-hydrogen) atoms. The minimum atomic E-state index is 0.240. The van der Waals surface area contributed by atoms with Crippen LogP contribution in [0, 0.1) is 18.8 Å². The third-order valence-electron chi connectivity index (χ3n) is 11.3. The van der Waals surface area contributed by atoms with Gasteiger partial charge < -0.3 is 0 Å². The highest BCUT2D eigenvalue weighted by molar-refractivity contribution is 5.89. The lowest BCUT2D eigenvalue weighted by Crippen LogP contribution is -2.18. The minimum absolute atomic E-state index is 0.240. The Bertz CT molecular complexity index is 2560. The molecule has 1 unspecified atom stereocenters. The number of allylic oxidation sites excluding steroid dienone is 3. The summed E-state index contributed by atoms with van der Waals surface area (Å²) in [6.07, 6.45) is 6.08. The van der Waals surface area contributed by atoms with Crippen molar-refractivity contribution in [2.24, 2.45) is 11.8 Å². The van der Waals surface area contributed by atoms with Crippen molar-refractivity contribution in [3.8, 4) is 45.3 Å². The van der Waals surface area contributed by atoms with Crippen molar-refractivity contribution in [1.29, 1.82) is 0 Å². The molecule has 1 aliphatic heterocycles. The zero-order chi connectivity index (χ0) is 39.2. The standard InChI is InChI=1S/C52H54N4/c1-10-16-44-35(8)45-22-15-21-43(34(6)7)50(45)56-48(44)36(9)53-51(56)39-25-23-37(24-26-39)40-27-28-46-47(31-40)55(52(54-46)38-17-12-11-13-18-38)49-41(29-32(2)3)19-14-20-42(49)30-33(4)5/h10-28,31-35H,1,29-30H2,2-9H3. The van der Waals surface area contributed by atoms with Crippen LogP contribution in [0.5, 0.6) is 0 Å². The molecule has 3 heterocycles. The summed E-state index contributed by atoms with van der Waals surface area (Å²) in [5.41, 5.74) is 18.1. The van der Waals surface area contributed by atoms with Gasteiger partial charge in [0.05, 0.1) is 33.8 Å². The lowest BCUT2D eigenvalue weighted by molar-refractivity contribution is 0.632. The fraction of sp³-hybridized carbons (Fsp3) is 0.269. The Labute approximate surface area is 333 Å². The number of aryl methyl sites for hydroxylation is 1. The van der Waals surface area contributed by atoms with Gasteiger partial charge in [-0.3, -0.25) is 9.13 Å². The van der Waals surface area contributed by atoms with Crippen molar-refractivity contribution < 1.29 is 0 Å². The van der Waals surface area contributed by atoms with Crippen LogP contribution in [-0.4, -0.2) is 19.1 Å². The van der Waals surface area contributed by atoms with Gasteiger partial charge >= 0.3 is 0 Å². The molecule has 0 N–H and O–H groups in total. The molecule has 5 aromatic carbocycles. The van der Waals surface area contributed by atoms with E-state index in [-0.39, 0.29) is 5.92 Å². The zero-order valence-electron chi connectivity index (χ0n) is 34.3. The fourth-order valence-electron chi connectivity index (χ4n) is 8.87. The van der Waals surface area contributed by atoms with Gasteiger partial charge in [0.2, 0.25) is 0 Å². The van der Waals surface area contributed by atoms with E-state index in [0.29, 0.717) is 17.8 Å². The Morgan fingerprint density at radius 1 is 0.643 bits per heavy atom. The first-order chi connectivity index (χ1) is 27.0. The summed E-state index contributed by atoms with van der Waals surface area (Å²) in [4.78, 5) is 10.6. The van der Waals surface area contributed by atoms with Crippen LogP contribution in [0.4, 0.5) is 0 Å². The van der Waals surface area contributed by atoms with Gasteiger partial charge in [0.1, 0.15) is 11.6 Å². The van der Waals surface area contributed by atoms with Crippen molar-refractivity contribution in [1.82, 2.24) is 19.1 Å². The van der Waals surface area contributed by atoms with E-state index in [4.69, 9.17) is 9.97 Å². The number of fused-ring (bicyclic) bond motifs is 4. The first-order valence-electron chi connectivity index (χ1n) is 20.4. The molecule has 0 bridgehead atoms. The van der Waals surface area contributed by atoms with E-state index < -0.39 is 0 Å². The molecule has 2 aromatic heterocycles. The maximum atomic E-state index is 5.34. The van der Waals surface area contributed by atoms with Gasteiger partial charge in [0.15, 0.2) is 0 Å². The zero-order valence-corrected chi connectivity index (χ0v) is 34.3. The molecule has 282 valence electrons. The number of hydrogen-bond donors (Lipinski definition) is 0. The van der Waals surface area contributed by atoms with E-state index in [2.05, 4.69) is 186 Å². The van der Waals surface area contributed by atoms with Crippen LogP contribution >= 0.6 is 0 Å². The average molecular weight is 735 g/mol. The Morgan fingerprint density at radius 2 is 1.25 bits per heavy atom. The number of benzene rings is 5. The Hall–Kier alpha value is -5.74. The lowest BCUT2D eigenvalue weighted by atomic mass is 9.82. The van der Waals surface area contributed by atoms with E-state index in [1.807, 2.05) is 6.08 Å². The van der Waals surface area contributed by atoms with Crippen LogP contribution in [0.2, 0.25) is 0 Å². The maximum Gasteiger partial charge on any atom is 0.145 e. The number of nitrogens with zero attached hydrogens (tertiary/aromatic N) is 4. The third kappa shape index (κ3) is 6.55. The van der Waals surface area contributed by atoms with Crippen LogP contribution in [-0.2, 0) is 12.8 Å². The Balaban J connectivity index is 1.29. The molecule has 8 rings (SSSR count). The lowest BCUT2D eigenvalue weighted by Gasteiger charge is -2.31. The van der Waals surface area contributed by atoms with Crippen LogP contribution in [0.15, 0.2) is 128 Å². The average Bonchev–Trinajstić information content (AvgIpc) is 3.73. The second-order valence-electron chi connectivity index (χ2n) is 16.8. The van der Waals surface area contributed by atoms with E-state index in [1.165, 1.54) is 44.9 Å². The van der Waals surface area contributed by atoms with Crippen molar-refractivity contribution in [3.63, 3.8) is 0 Å². The molecule has 0 radical (unpaired) electrons. The fourth-order valence-corrected chi connectivity index (χ4v) is 8.87. The predicted molar refractivity (Wildman–Crippen MR) is 237 cm³/mol. The van der Waals surface area contributed by atoms with Gasteiger partial charge in [-0.1, -0.05) is 164 Å². The summed E-state index contributed by atoms with van der Waals surface area (Å²) in [5, 5.41) is 0. The molecule has 0 aliphatic carbocycles. The monoisotopic (exact) mass is 734 g/mol. The number of hydrogen-bond acceptors (Lipinski definition) is 2. The van der Waals surface area contributed by atoms with Crippen molar-refractivity contribution >= 4 is 16.6 Å². The summed E-state index contributed by atoms with van der Waals surface area (Å²) in [5.74, 6) is 3.61. The number of rotatable bonds is 10. The molecule has 0 fully saturated rings. The van der Waals surface area contributed by atoms with Crippen molar-refractivity contribution in [3.05, 3.63) is 162 Å². The summed E-state index contributed by atoms with van der Waals surface area (Å²) < 4.78 is 4.88. The predicted octanol–water partition coefficient (Wildman–Crippen LogP) is 13.7. The molecule has 0 saturated carbocycles. The van der Waals surface area contributed by atoms with Crippen molar-refractivity contribution in [2.45, 2.75) is 80.1 Å². The first-order valence-corrected chi connectivity index (χ1v) is 20.4. The quantitative estimate of drug-likeness (QED) is 0.140. The highest BCUT2D eigenvalue weighted by atomic mass is 15.1. The summed E-state index contributed by atoms with van der Waals surface area (Å²) in [6, 6.07) is 40.1. The van der Waals surface area contributed by atoms with Crippen LogP contribution in [0.25, 0.3) is 61.9 Å². The van der Waals surface area contributed by atoms with E-state index in [9.17, 15) is 0 Å². The van der Waals surface area contributed by atoms with Gasteiger partial charge in [-0.05, 0) is 88.6 Å². The molecule has 0 saturated heterocycles. The smallest absolute Gasteiger partial charge is 0.145 e. The summed E-state index contributed by atoms with van der Waals surface area (Å²) >= 11 is 0. The molecule has 4 nitrogen and oxygen atoms in total. The van der Waals surface area contributed by atoms with Gasteiger partial charge in [-0.15, -0.1) is 0 Å². The highest BCUT2D eigenvalue weighted by Crippen LogP contribution is 2.47. The first kappa shape index (κ1) is 37.2. The number of imidazole rings is 2. The number of aromatic nitrogens is 4. The van der Waals surface area contributed by atoms with E-state index in [1.54, 1.807) is 0 Å². The maximum absolute atomic E-state index is 5.34. The minimum Gasteiger partial charge on any atom is -0.292 e. The molecular formula is C52H54N4. The van der Waals surface area contributed by atoms with Crippen LogP contribution in [0.3, 0.4) is 0 Å². The molecule has 0 spiro atoms. The topological polar surface area (TPSA) is 35.6 Å². The second kappa shape index (κ2) is 15.1. The second-order valence-corrected chi connectivity index (χ2v) is 16.8. The third-order valence-corrected chi connectivity index (χ3v) is 11.3. The summed E-state index contributed by atoms with van der Waals surface area (Å²) in [7, 11) is 0. The molecule has 1 aliphatic rings. The van der Waals surface area contributed by atoms with E-state index in [0.717, 1.165) is 63.5 Å². The highest BCUT2D eigenvalue weighted by Gasteiger charge is 2.33. The van der Waals surface area contributed by atoms with Gasteiger partial charge in [0, 0.05) is 17.0 Å². The van der Waals surface area contributed by atoms with Crippen LogP contribution < -0.4 is 0 Å². The van der Waals surface area contributed by atoms with Gasteiger partial charge in [-0.2, -0.15) is 0 Å². The van der Waals surface area contributed by atoms with Crippen molar-refractivity contribution in [2.75, 3.05) is 0 Å². The van der Waals surface area contributed by atoms with E-state index >= 15 is 0 Å². The van der Waals surface area contributed by atoms with Crippen LogP contribution in [0.1, 0.15) is 93.9 Å². The Kier molecular flexibility index (Phi) is 10.0. The van der Waals surface area contributed by atoms with Gasteiger partial charge in [0.25, 0.3) is 0 Å². The molecule has 4 heteroatoms. The SMILES string of the molecule is C=CC=C1c2c(C)nc(-c3ccc(-c4ccc5nc(-c6ccccc6)n(-c6c(CC(C)C)cccc6CC(C)C)c5c4)cc3)n2-c2c(C(C)C)cccc2C1C. The van der Waals surface area contributed by atoms with Gasteiger partial charge in [-0.25, -0.2) is 9.97 Å². The molecule has 1 atom stereocenters. The normalized spacial score (nSPS) is 14.6. The molecule has 0 amide bonds.